The largest absolute Gasteiger partial charge is 0.322 e. The van der Waals surface area contributed by atoms with E-state index < -0.39 is 0 Å². The first-order valence-electron chi connectivity index (χ1n) is 10.7. The number of hydrogen-bond acceptors (Lipinski definition) is 5. The topological polar surface area (TPSA) is 58.6 Å². The highest BCUT2D eigenvalue weighted by atomic mass is 32.2. The lowest BCUT2D eigenvalue weighted by molar-refractivity contribution is 0.509. The van der Waals surface area contributed by atoms with Gasteiger partial charge < -0.3 is 4.98 Å². The van der Waals surface area contributed by atoms with Gasteiger partial charge in [-0.15, -0.1) is 23.1 Å². The van der Waals surface area contributed by atoms with Crippen LogP contribution in [0.3, 0.4) is 0 Å². The molecule has 1 aromatic carbocycles. The van der Waals surface area contributed by atoms with Gasteiger partial charge in [-0.1, -0.05) is 25.1 Å². The van der Waals surface area contributed by atoms with E-state index in [1.807, 2.05) is 29.5 Å². The number of aromatic amines is 1. The summed E-state index contributed by atoms with van der Waals surface area (Å²) < 4.78 is 0. The molecule has 1 atom stereocenters. The van der Waals surface area contributed by atoms with Gasteiger partial charge in [0.05, 0.1) is 0 Å². The average Bonchev–Trinajstić information content (AvgIpc) is 3.52. The van der Waals surface area contributed by atoms with E-state index in [1.54, 1.807) is 17.8 Å². The fourth-order valence-corrected chi connectivity index (χ4v) is 7.00. The Morgan fingerprint density at radius 2 is 2.07 bits per heavy atom. The van der Waals surface area contributed by atoms with Crippen molar-refractivity contribution < 1.29 is 0 Å². The first kappa shape index (κ1) is 18.6. The van der Waals surface area contributed by atoms with Crippen LogP contribution >= 0.6 is 23.1 Å². The number of thiophene rings is 1. The van der Waals surface area contributed by atoms with E-state index in [-0.39, 0.29) is 5.56 Å². The molecular formula is C24H23N3OS2. The molecule has 4 nitrogen and oxygen atoms in total. The Labute approximate surface area is 183 Å². The Hall–Kier alpha value is -2.18. The van der Waals surface area contributed by atoms with Gasteiger partial charge in [0.15, 0.2) is 0 Å². The molecule has 6 rings (SSSR count). The smallest absolute Gasteiger partial charge is 0.248 e. The number of benzene rings is 1. The van der Waals surface area contributed by atoms with Crippen LogP contribution in [-0.2, 0) is 18.6 Å². The number of pyridine rings is 1. The van der Waals surface area contributed by atoms with Gasteiger partial charge >= 0.3 is 0 Å². The second kappa shape index (κ2) is 7.20. The van der Waals surface area contributed by atoms with Crippen molar-refractivity contribution in [1.82, 2.24) is 15.0 Å². The fourth-order valence-electron chi connectivity index (χ4n) is 4.50. The molecule has 1 fully saturated rings. The van der Waals surface area contributed by atoms with Crippen LogP contribution in [-0.4, -0.2) is 15.0 Å². The predicted octanol–water partition coefficient (Wildman–Crippen LogP) is 5.83. The average molecular weight is 434 g/mol. The molecule has 2 aliphatic carbocycles. The molecule has 152 valence electrons. The zero-order valence-corrected chi connectivity index (χ0v) is 18.5. The van der Waals surface area contributed by atoms with Crippen LogP contribution in [0, 0.1) is 5.92 Å². The zero-order chi connectivity index (χ0) is 20.2. The van der Waals surface area contributed by atoms with Crippen molar-refractivity contribution in [3.8, 4) is 0 Å². The minimum atomic E-state index is -0.0438. The van der Waals surface area contributed by atoms with E-state index >= 15 is 0 Å². The van der Waals surface area contributed by atoms with E-state index in [4.69, 9.17) is 9.97 Å². The van der Waals surface area contributed by atoms with Crippen LogP contribution in [0.5, 0.6) is 0 Å². The summed E-state index contributed by atoms with van der Waals surface area (Å²) in [4.78, 5) is 27.8. The summed E-state index contributed by atoms with van der Waals surface area (Å²) in [5, 5.41) is 3.50. The number of thioether (sulfide) groups is 1. The highest BCUT2D eigenvalue weighted by Gasteiger charge is 2.30. The minimum Gasteiger partial charge on any atom is -0.322 e. The van der Waals surface area contributed by atoms with Gasteiger partial charge in [0.2, 0.25) is 5.56 Å². The van der Waals surface area contributed by atoms with Crippen LogP contribution in [0.2, 0.25) is 0 Å². The molecule has 0 saturated heterocycles. The quantitative estimate of drug-likeness (QED) is 0.325. The first-order valence-corrected chi connectivity index (χ1v) is 12.5. The molecule has 6 heteroatoms. The molecule has 0 radical (unpaired) electrons. The van der Waals surface area contributed by atoms with Crippen molar-refractivity contribution >= 4 is 44.2 Å². The Kier molecular flexibility index (Phi) is 4.46. The van der Waals surface area contributed by atoms with Crippen molar-refractivity contribution in [3.63, 3.8) is 0 Å². The van der Waals surface area contributed by atoms with Crippen LogP contribution < -0.4 is 5.56 Å². The van der Waals surface area contributed by atoms with Crippen molar-refractivity contribution in [3.05, 3.63) is 62.5 Å². The third-order valence-electron chi connectivity index (χ3n) is 6.28. The number of aryl methyl sites for hydroxylation is 1. The zero-order valence-electron chi connectivity index (χ0n) is 16.9. The van der Waals surface area contributed by atoms with E-state index in [0.29, 0.717) is 5.92 Å². The maximum atomic E-state index is 12.2. The summed E-state index contributed by atoms with van der Waals surface area (Å²) in [5.41, 5.74) is 3.40. The van der Waals surface area contributed by atoms with Crippen molar-refractivity contribution in [1.29, 1.82) is 0 Å². The third-order valence-corrected chi connectivity index (χ3v) is 8.45. The number of nitrogens with zero attached hydrogens (tertiary/aromatic N) is 2. The van der Waals surface area contributed by atoms with Crippen molar-refractivity contribution in [2.24, 2.45) is 5.92 Å². The number of rotatable bonds is 4. The molecular weight excluding hydrogens is 410 g/mol. The van der Waals surface area contributed by atoms with Gasteiger partial charge in [0.1, 0.15) is 15.7 Å². The number of H-pyrrole nitrogens is 1. The molecule has 2 aliphatic rings. The first-order chi connectivity index (χ1) is 14.7. The van der Waals surface area contributed by atoms with Gasteiger partial charge in [-0.25, -0.2) is 9.97 Å². The van der Waals surface area contributed by atoms with Crippen molar-refractivity contribution in [2.45, 2.75) is 55.7 Å². The molecule has 0 spiro atoms. The molecule has 4 aromatic rings. The number of nitrogens with one attached hydrogen (secondary N) is 1. The third kappa shape index (κ3) is 3.26. The minimum absolute atomic E-state index is 0.0438. The highest BCUT2D eigenvalue weighted by Crippen LogP contribution is 2.45. The highest BCUT2D eigenvalue weighted by molar-refractivity contribution is 7.98. The molecule has 3 heterocycles. The SMILES string of the molecule is CC1CCc2c(sc3nc(C4CC4)nc(SCc4cc(=O)[nH]c5ccccc45)c23)C1. The summed E-state index contributed by atoms with van der Waals surface area (Å²) in [6.45, 7) is 2.35. The Morgan fingerprint density at radius 3 is 2.93 bits per heavy atom. The number of aromatic nitrogens is 3. The number of para-hydroxylation sites is 1. The molecule has 0 aliphatic heterocycles. The number of fused-ring (bicyclic) bond motifs is 4. The molecule has 1 N–H and O–H groups in total. The fraction of sp³-hybridized carbons (Fsp3) is 0.375. The van der Waals surface area contributed by atoms with Crippen LogP contribution in [0.15, 0.2) is 40.2 Å². The summed E-state index contributed by atoms with van der Waals surface area (Å²) in [6, 6.07) is 9.78. The normalized spacial score (nSPS) is 18.8. The maximum absolute atomic E-state index is 12.2. The molecule has 1 unspecified atom stereocenters. The maximum Gasteiger partial charge on any atom is 0.248 e. The summed E-state index contributed by atoms with van der Waals surface area (Å²) in [5.74, 6) is 3.04. The molecule has 30 heavy (non-hydrogen) atoms. The van der Waals surface area contributed by atoms with Gasteiger partial charge in [-0.05, 0) is 55.2 Å². The summed E-state index contributed by atoms with van der Waals surface area (Å²) in [6.07, 6.45) is 5.95. The second-order valence-electron chi connectivity index (χ2n) is 8.69. The second-order valence-corrected chi connectivity index (χ2v) is 10.7. The standard InChI is InChI=1S/C24H23N3OS2/c1-13-6-9-17-19(10-13)30-24-21(17)23(26-22(27-24)14-7-8-14)29-12-15-11-20(28)25-18-5-3-2-4-16(15)18/h2-5,11,13-14H,6-10,12H2,1H3,(H,25,28). The lowest BCUT2D eigenvalue weighted by Gasteiger charge is -2.18. The van der Waals surface area contributed by atoms with Crippen LogP contribution in [0.25, 0.3) is 21.1 Å². The Balaban J connectivity index is 1.44. The summed E-state index contributed by atoms with van der Waals surface area (Å²) >= 11 is 3.65. The van der Waals surface area contributed by atoms with Crippen LogP contribution in [0.1, 0.15) is 53.9 Å². The lowest BCUT2D eigenvalue weighted by Crippen LogP contribution is -2.09. The monoisotopic (exact) mass is 433 g/mol. The molecule has 3 aromatic heterocycles. The van der Waals surface area contributed by atoms with Gasteiger partial charge in [-0.2, -0.15) is 0 Å². The predicted molar refractivity (Wildman–Crippen MR) is 125 cm³/mol. The van der Waals surface area contributed by atoms with Gasteiger partial charge in [0.25, 0.3) is 0 Å². The van der Waals surface area contributed by atoms with Crippen molar-refractivity contribution in [2.75, 3.05) is 0 Å². The lowest BCUT2D eigenvalue weighted by atomic mass is 9.89. The van der Waals surface area contributed by atoms with Gasteiger partial charge in [-0.3, -0.25) is 4.79 Å². The summed E-state index contributed by atoms with van der Waals surface area (Å²) in [7, 11) is 0. The van der Waals surface area contributed by atoms with E-state index in [2.05, 4.69) is 18.0 Å². The Bertz CT molecular complexity index is 1340. The molecule has 0 bridgehead atoms. The molecule has 1 saturated carbocycles. The molecule has 0 amide bonds. The van der Waals surface area contributed by atoms with E-state index in [9.17, 15) is 4.79 Å². The van der Waals surface area contributed by atoms with E-state index in [0.717, 1.165) is 51.8 Å². The van der Waals surface area contributed by atoms with E-state index in [1.165, 1.54) is 39.9 Å². The van der Waals surface area contributed by atoms with Gasteiger partial charge in [0, 0.05) is 38.9 Å². The Morgan fingerprint density at radius 1 is 1.20 bits per heavy atom. The number of hydrogen-bond donors (Lipinski definition) is 1. The van der Waals surface area contributed by atoms with Crippen LogP contribution in [0.4, 0.5) is 0 Å².